The van der Waals surface area contributed by atoms with Crippen molar-refractivity contribution in [2.75, 3.05) is 0 Å². The van der Waals surface area contributed by atoms with E-state index >= 15 is 0 Å². The molecule has 2 heterocycles. The van der Waals surface area contributed by atoms with E-state index in [9.17, 15) is 13.2 Å². The Hall–Kier alpha value is -3.24. The first-order valence-electron chi connectivity index (χ1n) is 10.3. The molecule has 0 aliphatic heterocycles. The molecule has 168 valence electrons. The minimum absolute atomic E-state index is 0.0170. The van der Waals surface area contributed by atoms with Crippen molar-refractivity contribution in [2.45, 2.75) is 44.7 Å². The quantitative estimate of drug-likeness (QED) is 0.439. The molecule has 0 unspecified atom stereocenters. The first kappa shape index (κ1) is 22.0. The van der Waals surface area contributed by atoms with Crippen molar-refractivity contribution in [1.82, 2.24) is 24.4 Å². The summed E-state index contributed by atoms with van der Waals surface area (Å²) in [7, 11) is -3.77. The van der Waals surface area contributed by atoms with Gasteiger partial charge in [-0.25, -0.2) is 13.2 Å². The molecule has 2 aromatic carbocycles. The molecule has 4 aromatic rings. The predicted molar refractivity (Wildman–Crippen MR) is 121 cm³/mol. The van der Waals surface area contributed by atoms with Crippen LogP contribution in [0.2, 0.25) is 0 Å². The van der Waals surface area contributed by atoms with Crippen LogP contribution in [0.5, 0.6) is 0 Å². The van der Waals surface area contributed by atoms with Gasteiger partial charge in [0.25, 0.3) is 0 Å². The molecule has 0 saturated heterocycles. The number of hydrogen-bond donors (Lipinski definition) is 2. The number of nitrogens with one attached hydrogen (secondary N) is 2. The number of benzene rings is 2. The van der Waals surface area contributed by atoms with E-state index in [0.717, 1.165) is 5.52 Å². The van der Waals surface area contributed by atoms with Gasteiger partial charge >= 0.3 is 5.69 Å². The summed E-state index contributed by atoms with van der Waals surface area (Å²) in [5.74, 6) is 0.341. The maximum atomic E-state index is 12.8. The molecule has 32 heavy (non-hydrogen) atoms. The van der Waals surface area contributed by atoms with Crippen molar-refractivity contribution in [3.63, 3.8) is 0 Å². The van der Waals surface area contributed by atoms with Gasteiger partial charge in [-0.15, -0.1) is 0 Å². The maximum absolute atomic E-state index is 12.8. The zero-order chi connectivity index (χ0) is 23.0. The van der Waals surface area contributed by atoms with Crippen molar-refractivity contribution in [3.05, 3.63) is 64.9 Å². The van der Waals surface area contributed by atoms with E-state index in [4.69, 9.17) is 4.52 Å². The summed E-state index contributed by atoms with van der Waals surface area (Å²) in [6.07, 6.45) is 0. The third-order valence-corrected chi connectivity index (χ3v) is 6.66. The van der Waals surface area contributed by atoms with Gasteiger partial charge in [0.05, 0.1) is 15.9 Å². The van der Waals surface area contributed by atoms with Gasteiger partial charge in [-0.3, -0.25) is 4.57 Å². The summed E-state index contributed by atoms with van der Waals surface area (Å²) in [5.41, 5.74) is 1.92. The third kappa shape index (κ3) is 4.11. The lowest BCUT2D eigenvalue weighted by atomic mass is 10.1. The fourth-order valence-corrected chi connectivity index (χ4v) is 4.93. The van der Waals surface area contributed by atoms with E-state index in [1.807, 2.05) is 39.8 Å². The average molecular weight is 456 g/mol. The molecule has 4 rings (SSSR count). The van der Waals surface area contributed by atoms with Gasteiger partial charge < -0.3 is 9.51 Å². The Kier molecular flexibility index (Phi) is 5.74. The van der Waals surface area contributed by atoms with Crippen LogP contribution in [0.15, 0.2) is 62.7 Å². The average Bonchev–Trinajstić information content (AvgIpc) is 3.35. The number of rotatable bonds is 7. The highest BCUT2D eigenvalue weighted by atomic mass is 32.2. The van der Waals surface area contributed by atoms with Crippen LogP contribution >= 0.6 is 0 Å². The first-order chi connectivity index (χ1) is 15.2. The normalized spacial score (nSPS) is 13.3. The van der Waals surface area contributed by atoms with Crippen molar-refractivity contribution in [1.29, 1.82) is 0 Å². The second-order valence-electron chi connectivity index (χ2n) is 8.24. The molecule has 1 atom stereocenters. The van der Waals surface area contributed by atoms with Crippen LogP contribution in [0.4, 0.5) is 0 Å². The molecular weight excluding hydrogens is 430 g/mol. The number of H-pyrrole nitrogens is 1. The molecule has 0 radical (unpaired) electrons. The molecule has 0 bridgehead atoms. The number of hydrogen-bond acceptors (Lipinski definition) is 6. The van der Waals surface area contributed by atoms with Gasteiger partial charge in [0.15, 0.2) is 0 Å². The highest BCUT2D eigenvalue weighted by Crippen LogP contribution is 2.27. The molecule has 9 nitrogen and oxygen atoms in total. The Morgan fingerprint density at radius 1 is 1.06 bits per heavy atom. The van der Waals surface area contributed by atoms with Gasteiger partial charge in [-0.1, -0.05) is 37.2 Å². The van der Waals surface area contributed by atoms with Crippen LogP contribution in [0, 0.1) is 5.92 Å². The van der Waals surface area contributed by atoms with Gasteiger partial charge in [0.2, 0.25) is 21.7 Å². The molecule has 0 fully saturated rings. The highest BCUT2D eigenvalue weighted by molar-refractivity contribution is 7.89. The Bertz CT molecular complexity index is 1400. The second kappa shape index (κ2) is 8.36. The SMILES string of the molecule is CC(C)[C@H](NS(=O)(=O)c1ccccc1)c1nc(-c2ccc3c(c2)[nH]c(=O)n3C(C)C)no1. The second-order valence-corrected chi connectivity index (χ2v) is 9.95. The third-order valence-electron chi connectivity index (χ3n) is 5.20. The largest absolute Gasteiger partial charge is 0.337 e. The first-order valence-corrected chi connectivity index (χ1v) is 11.8. The molecule has 10 heteroatoms. The zero-order valence-corrected chi connectivity index (χ0v) is 19.1. The lowest BCUT2D eigenvalue weighted by Gasteiger charge is -2.18. The Balaban J connectivity index is 1.66. The van der Waals surface area contributed by atoms with Crippen LogP contribution in [0.25, 0.3) is 22.4 Å². The number of aromatic nitrogens is 4. The number of imidazole rings is 1. The topological polar surface area (TPSA) is 123 Å². The molecule has 0 aliphatic carbocycles. The van der Waals surface area contributed by atoms with Crippen molar-refractivity contribution < 1.29 is 12.9 Å². The van der Waals surface area contributed by atoms with Crippen LogP contribution in [0.3, 0.4) is 0 Å². The number of aromatic amines is 1. The Labute approximate surface area is 185 Å². The van der Waals surface area contributed by atoms with Gasteiger partial charge in [0, 0.05) is 11.6 Å². The van der Waals surface area contributed by atoms with E-state index in [1.54, 1.807) is 28.8 Å². The lowest BCUT2D eigenvalue weighted by Crippen LogP contribution is -2.32. The van der Waals surface area contributed by atoms with Crippen LogP contribution in [-0.4, -0.2) is 28.1 Å². The van der Waals surface area contributed by atoms with Gasteiger partial charge in [0.1, 0.15) is 6.04 Å². The maximum Gasteiger partial charge on any atom is 0.326 e. The Morgan fingerprint density at radius 2 is 1.78 bits per heavy atom. The molecular formula is C22H25N5O4S. The van der Waals surface area contributed by atoms with Crippen molar-refractivity contribution >= 4 is 21.1 Å². The van der Waals surface area contributed by atoms with Crippen LogP contribution in [-0.2, 0) is 10.0 Å². The fourth-order valence-electron chi connectivity index (χ4n) is 3.57. The van der Waals surface area contributed by atoms with E-state index in [0.29, 0.717) is 16.9 Å². The summed E-state index contributed by atoms with van der Waals surface area (Å²) in [6.45, 7) is 7.62. The fraction of sp³-hybridized carbons (Fsp3) is 0.318. The zero-order valence-electron chi connectivity index (χ0n) is 18.2. The molecule has 0 spiro atoms. The minimum Gasteiger partial charge on any atom is -0.337 e. The van der Waals surface area contributed by atoms with Crippen molar-refractivity contribution in [3.8, 4) is 11.4 Å². The molecule has 2 N–H and O–H groups in total. The molecule has 0 aliphatic rings. The van der Waals surface area contributed by atoms with E-state index < -0.39 is 16.1 Å². The van der Waals surface area contributed by atoms with E-state index in [-0.39, 0.29) is 28.4 Å². The molecule has 0 saturated carbocycles. The Morgan fingerprint density at radius 3 is 2.44 bits per heavy atom. The van der Waals surface area contributed by atoms with Crippen LogP contribution in [0.1, 0.15) is 45.7 Å². The van der Waals surface area contributed by atoms with Gasteiger partial charge in [-0.2, -0.15) is 9.71 Å². The number of fused-ring (bicyclic) bond motifs is 1. The lowest BCUT2D eigenvalue weighted by molar-refractivity contribution is 0.311. The van der Waals surface area contributed by atoms with Gasteiger partial charge in [-0.05, 0) is 50.1 Å². The summed E-state index contributed by atoms with van der Waals surface area (Å²) < 4.78 is 35.4. The minimum atomic E-state index is -3.77. The molecule has 2 aromatic heterocycles. The summed E-state index contributed by atoms with van der Waals surface area (Å²) in [5, 5.41) is 4.04. The van der Waals surface area contributed by atoms with Crippen LogP contribution < -0.4 is 10.4 Å². The summed E-state index contributed by atoms with van der Waals surface area (Å²) >= 11 is 0. The summed E-state index contributed by atoms with van der Waals surface area (Å²) in [6, 6.07) is 12.9. The monoisotopic (exact) mass is 455 g/mol. The number of nitrogens with zero attached hydrogens (tertiary/aromatic N) is 3. The molecule has 0 amide bonds. The standard InChI is InChI=1S/C22H25N5O4S/c1-13(2)19(26-32(29,30)16-8-6-5-7-9-16)21-24-20(25-31-21)15-10-11-18-17(12-15)23-22(28)27(18)14(3)4/h5-14,19,26H,1-4H3,(H,23,28)/t19-/m0/s1. The predicted octanol–water partition coefficient (Wildman–Crippen LogP) is 3.64. The highest BCUT2D eigenvalue weighted by Gasteiger charge is 2.28. The van der Waals surface area contributed by atoms with Crippen molar-refractivity contribution in [2.24, 2.45) is 5.92 Å². The number of sulfonamides is 1. The smallest absolute Gasteiger partial charge is 0.326 e. The van der Waals surface area contributed by atoms with E-state index in [1.165, 1.54) is 12.1 Å². The van der Waals surface area contributed by atoms with E-state index in [2.05, 4.69) is 19.8 Å². The summed E-state index contributed by atoms with van der Waals surface area (Å²) in [4.78, 5) is 19.7.